The van der Waals surface area contributed by atoms with Crippen LogP contribution in [0.1, 0.15) is 5.56 Å². The molecule has 0 fully saturated rings. The summed E-state index contributed by atoms with van der Waals surface area (Å²) in [6.45, 7) is 1.77. The van der Waals surface area contributed by atoms with Crippen LogP contribution in [0.2, 0.25) is 0 Å². The number of benzene rings is 1. The molecule has 2 aromatic rings. The summed E-state index contributed by atoms with van der Waals surface area (Å²) in [5.41, 5.74) is 6.59. The van der Waals surface area contributed by atoms with Crippen LogP contribution in [0.3, 0.4) is 0 Å². The number of pyridine rings is 1. The zero-order valence-corrected chi connectivity index (χ0v) is 12.5. The fourth-order valence-electron chi connectivity index (χ4n) is 1.55. The monoisotopic (exact) mass is 341 g/mol. The van der Waals surface area contributed by atoms with Crippen molar-refractivity contribution < 1.29 is 8.42 Å². The van der Waals surface area contributed by atoms with Gasteiger partial charge in [0.1, 0.15) is 10.7 Å². The molecule has 100 valence electrons. The summed E-state index contributed by atoms with van der Waals surface area (Å²) < 4.78 is 27.6. The van der Waals surface area contributed by atoms with Crippen LogP contribution in [0.25, 0.3) is 0 Å². The van der Waals surface area contributed by atoms with Crippen molar-refractivity contribution in [3.63, 3.8) is 0 Å². The van der Waals surface area contributed by atoms with E-state index in [1.165, 1.54) is 18.3 Å². The smallest absolute Gasteiger partial charge is 0.265 e. The number of halogens is 1. The molecule has 19 heavy (non-hydrogen) atoms. The lowest BCUT2D eigenvalue weighted by Gasteiger charge is -2.11. The normalized spacial score (nSPS) is 11.3. The van der Waals surface area contributed by atoms with Crippen LogP contribution in [0.4, 0.5) is 11.5 Å². The van der Waals surface area contributed by atoms with Crippen LogP contribution in [0, 0.1) is 6.92 Å². The Morgan fingerprint density at radius 3 is 2.63 bits per heavy atom. The molecule has 0 bridgehead atoms. The molecule has 0 aliphatic carbocycles. The van der Waals surface area contributed by atoms with Crippen LogP contribution in [-0.4, -0.2) is 13.4 Å². The number of nitrogens with zero attached hydrogens (tertiary/aromatic N) is 1. The van der Waals surface area contributed by atoms with E-state index in [1.54, 1.807) is 25.1 Å². The Morgan fingerprint density at radius 1 is 1.32 bits per heavy atom. The number of nitrogen functional groups attached to an aromatic ring is 1. The molecule has 7 heteroatoms. The number of aromatic nitrogens is 1. The maximum atomic E-state index is 12.2. The number of para-hydroxylation sites is 1. The van der Waals surface area contributed by atoms with Gasteiger partial charge in [-0.2, -0.15) is 0 Å². The number of rotatable bonds is 3. The van der Waals surface area contributed by atoms with E-state index < -0.39 is 10.0 Å². The highest BCUT2D eigenvalue weighted by Gasteiger charge is 2.18. The third-order valence-corrected chi connectivity index (χ3v) is 4.33. The van der Waals surface area contributed by atoms with Gasteiger partial charge in [0, 0.05) is 10.7 Å². The second-order valence-electron chi connectivity index (χ2n) is 3.96. The van der Waals surface area contributed by atoms with Gasteiger partial charge in [0.05, 0.1) is 5.69 Å². The first-order valence-corrected chi connectivity index (χ1v) is 7.67. The summed E-state index contributed by atoms with van der Waals surface area (Å²) in [4.78, 5) is 4.08. The predicted molar refractivity (Wildman–Crippen MR) is 78.3 cm³/mol. The molecule has 0 aliphatic heterocycles. The van der Waals surface area contributed by atoms with Crippen molar-refractivity contribution in [1.29, 1.82) is 0 Å². The number of nitrogens with two attached hydrogens (primary N) is 1. The van der Waals surface area contributed by atoms with Gasteiger partial charge in [-0.1, -0.05) is 12.1 Å². The zero-order chi connectivity index (χ0) is 14.0. The second-order valence-corrected chi connectivity index (χ2v) is 6.53. The molecule has 2 rings (SSSR count). The minimum Gasteiger partial charge on any atom is -0.398 e. The molecule has 0 saturated carbocycles. The summed E-state index contributed by atoms with van der Waals surface area (Å²) in [6.07, 6.45) is 1.53. The number of hydrogen-bond donors (Lipinski definition) is 2. The van der Waals surface area contributed by atoms with E-state index in [0.29, 0.717) is 5.56 Å². The van der Waals surface area contributed by atoms with E-state index >= 15 is 0 Å². The van der Waals surface area contributed by atoms with Crippen LogP contribution in [0.5, 0.6) is 0 Å². The lowest BCUT2D eigenvalue weighted by Crippen LogP contribution is -2.16. The molecule has 0 atom stereocenters. The van der Waals surface area contributed by atoms with Crippen molar-refractivity contribution in [2.24, 2.45) is 0 Å². The van der Waals surface area contributed by atoms with Gasteiger partial charge in [-0.25, -0.2) is 13.4 Å². The second kappa shape index (κ2) is 5.18. The first-order chi connectivity index (χ1) is 8.90. The molecular formula is C12H12BrN3O2S. The highest BCUT2D eigenvalue weighted by Crippen LogP contribution is 2.23. The number of aryl methyl sites for hydroxylation is 1. The molecule has 3 N–H and O–H groups in total. The Bertz CT molecular complexity index is 717. The first kappa shape index (κ1) is 13.8. The van der Waals surface area contributed by atoms with Gasteiger partial charge in [-0.05, 0) is 46.6 Å². The van der Waals surface area contributed by atoms with Crippen molar-refractivity contribution in [1.82, 2.24) is 4.98 Å². The third-order valence-electron chi connectivity index (χ3n) is 2.48. The van der Waals surface area contributed by atoms with Crippen LogP contribution >= 0.6 is 15.9 Å². The molecular weight excluding hydrogens is 330 g/mol. The maximum absolute atomic E-state index is 12.2. The zero-order valence-electron chi connectivity index (χ0n) is 10.1. The molecule has 5 nitrogen and oxygen atoms in total. The molecule has 1 aromatic carbocycles. The Morgan fingerprint density at radius 2 is 2.00 bits per heavy atom. The Labute approximate surface area is 120 Å². The van der Waals surface area contributed by atoms with Gasteiger partial charge in [0.15, 0.2) is 0 Å². The molecule has 0 radical (unpaired) electrons. The van der Waals surface area contributed by atoms with E-state index in [2.05, 4.69) is 25.6 Å². The highest BCUT2D eigenvalue weighted by molar-refractivity contribution is 9.10. The van der Waals surface area contributed by atoms with Crippen molar-refractivity contribution in [3.8, 4) is 0 Å². The molecule has 0 amide bonds. The quantitative estimate of drug-likeness (QED) is 0.840. The predicted octanol–water partition coefficient (Wildman–Crippen LogP) is 2.54. The van der Waals surface area contributed by atoms with Crippen LogP contribution < -0.4 is 10.5 Å². The van der Waals surface area contributed by atoms with Crippen molar-refractivity contribution in [2.75, 3.05) is 10.5 Å². The largest absolute Gasteiger partial charge is 0.398 e. The van der Waals surface area contributed by atoms with Crippen LogP contribution in [0.15, 0.2) is 45.9 Å². The summed E-state index contributed by atoms with van der Waals surface area (Å²) >= 11 is 3.27. The maximum Gasteiger partial charge on any atom is 0.265 e. The van der Waals surface area contributed by atoms with Gasteiger partial charge >= 0.3 is 0 Å². The van der Waals surface area contributed by atoms with Crippen molar-refractivity contribution >= 4 is 37.5 Å². The van der Waals surface area contributed by atoms with Gasteiger partial charge < -0.3 is 5.73 Å². The van der Waals surface area contributed by atoms with E-state index in [9.17, 15) is 8.42 Å². The number of hydrogen-bond acceptors (Lipinski definition) is 4. The number of nitrogens with one attached hydrogen (secondary N) is 1. The highest BCUT2D eigenvalue weighted by atomic mass is 79.9. The lowest BCUT2D eigenvalue weighted by molar-refractivity contribution is 0.601. The SMILES string of the molecule is Cc1cc(Br)cnc1NS(=O)(=O)c1ccccc1N. The van der Waals surface area contributed by atoms with Gasteiger partial charge in [0.2, 0.25) is 0 Å². The Balaban J connectivity index is 2.40. The van der Waals surface area contributed by atoms with Crippen LogP contribution in [-0.2, 0) is 10.0 Å². The Kier molecular flexibility index (Phi) is 3.77. The van der Waals surface area contributed by atoms with Gasteiger partial charge in [0.25, 0.3) is 10.0 Å². The molecule has 1 heterocycles. The van der Waals surface area contributed by atoms with Gasteiger partial charge in [-0.15, -0.1) is 0 Å². The summed E-state index contributed by atoms with van der Waals surface area (Å²) in [5.74, 6) is 0.284. The topological polar surface area (TPSA) is 85.1 Å². The first-order valence-electron chi connectivity index (χ1n) is 5.39. The molecule has 0 unspecified atom stereocenters. The van der Waals surface area contributed by atoms with E-state index in [0.717, 1.165) is 4.47 Å². The number of sulfonamides is 1. The average Bonchev–Trinajstić information content (AvgIpc) is 2.33. The minimum absolute atomic E-state index is 0.0409. The molecule has 0 aliphatic rings. The van der Waals surface area contributed by atoms with E-state index in [4.69, 9.17) is 5.73 Å². The minimum atomic E-state index is -3.73. The lowest BCUT2D eigenvalue weighted by atomic mass is 10.3. The fraction of sp³-hybridized carbons (Fsp3) is 0.0833. The number of anilines is 2. The fourth-order valence-corrected chi connectivity index (χ4v) is 3.21. The Hall–Kier alpha value is -1.60. The molecule has 1 aromatic heterocycles. The standard InChI is InChI=1S/C12H12BrN3O2S/c1-8-6-9(13)7-15-12(8)16-19(17,18)11-5-3-2-4-10(11)14/h2-7H,14H2,1H3,(H,15,16). The van der Waals surface area contributed by atoms with Crippen molar-refractivity contribution in [3.05, 3.63) is 46.6 Å². The molecule has 0 spiro atoms. The summed E-state index contributed by atoms with van der Waals surface area (Å²) in [7, 11) is -3.73. The summed E-state index contributed by atoms with van der Waals surface area (Å²) in [5, 5.41) is 0. The van der Waals surface area contributed by atoms with E-state index in [1.807, 2.05) is 0 Å². The van der Waals surface area contributed by atoms with Gasteiger partial charge in [-0.3, -0.25) is 4.72 Å². The van der Waals surface area contributed by atoms with E-state index in [-0.39, 0.29) is 16.4 Å². The average molecular weight is 342 g/mol. The summed E-state index contributed by atoms with van der Waals surface area (Å²) in [6, 6.07) is 8.06. The third kappa shape index (κ3) is 3.05. The van der Waals surface area contributed by atoms with Crippen molar-refractivity contribution in [2.45, 2.75) is 11.8 Å². The molecule has 0 saturated heterocycles.